The van der Waals surface area contributed by atoms with Crippen molar-refractivity contribution in [1.29, 1.82) is 0 Å². The first kappa shape index (κ1) is 16.7. The second-order valence-electron chi connectivity index (χ2n) is 5.59. The molecule has 0 aliphatic heterocycles. The number of hydrogen-bond acceptors (Lipinski definition) is 6. The van der Waals surface area contributed by atoms with Crippen LogP contribution in [-0.4, -0.2) is 43.8 Å². The number of aromatic nitrogens is 4. The molecule has 1 aliphatic carbocycles. The average Bonchev–Trinajstić information content (AvgIpc) is 3.25. The van der Waals surface area contributed by atoms with Gasteiger partial charge in [0.05, 0.1) is 22.7 Å². The topological polar surface area (TPSA) is 63.9 Å². The summed E-state index contributed by atoms with van der Waals surface area (Å²) in [6, 6.07) is 4.18. The molecular weight excluding hydrogens is 354 g/mol. The third-order valence-electron chi connectivity index (χ3n) is 3.91. The molecule has 0 spiro atoms. The van der Waals surface area contributed by atoms with E-state index >= 15 is 0 Å². The number of carbonyl (C=O) groups excluding carboxylic acids is 1. The zero-order valence-corrected chi connectivity index (χ0v) is 15.2. The molecule has 6 nitrogen and oxygen atoms in total. The molecule has 124 valence electrons. The zero-order valence-electron chi connectivity index (χ0n) is 12.8. The summed E-state index contributed by atoms with van der Waals surface area (Å²) in [6.45, 7) is 0.574. The van der Waals surface area contributed by atoms with Crippen LogP contribution in [0.4, 0.5) is 0 Å². The van der Waals surface area contributed by atoms with Gasteiger partial charge in [0.1, 0.15) is 0 Å². The van der Waals surface area contributed by atoms with Gasteiger partial charge in [0.15, 0.2) is 0 Å². The number of hydrogen-bond donors (Lipinski definition) is 0. The molecule has 1 fully saturated rings. The number of thioether (sulfide) groups is 1. The monoisotopic (exact) mass is 371 g/mol. The predicted octanol–water partition coefficient (Wildman–Crippen LogP) is 3.25. The highest BCUT2D eigenvalue weighted by Gasteiger charge is 2.22. The number of tetrazole rings is 1. The van der Waals surface area contributed by atoms with Gasteiger partial charge < -0.3 is 4.90 Å². The Balaban J connectivity index is 1.53. The molecule has 2 heterocycles. The minimum Gasteiger partial charge on any atom is -0.340 e. The molecule has 23 heavy (non-hydrogen) atoms. The van der Waals surface area contributed by atoms with E-state index < -0.39 is 0 Å². The molecule has 3 rings (SSSR count). The summed E-state index contributed by atoms with van der Waals surface area (Å²) in [5.74, 6) is 0.392. The molecule has 0 aromatic carbocycles. The van der Waals surface area contributed by atoms with Crippen molar-refractivity contribution < 1.29 is 4.79 Å². The van der Waals surface area contributed by atoms with Gasteiger partial charge in [-0.3, -0.25) is 4.79 Å². The van der Waals surface area contributed by atoms with Crippen LogP contribution in [-0.2, 0) is 11.3 Å². The second kappa shape index (κ2) is 7.63. The Morgan fingerprint density at radius 1 is 1.48 bits per heavy atom. The Labute approximate surface area is 148 Å². The van der Waals surface area contributed by atoms with Gasteiger partial charge in [-0.15, -0.1) is 16.4 Å². The summed E-state index contributed by atoms with van der Waals surface area (Å²) in [5, 5.41) is 12.6. The molecule has 1 amide bonds. The van der Waals surface area contributed by atoms with Crippen LogP contribution in [0.2, 0.25) is 4.34 Å². The van der Waals surface area contributed by atoms with E-state index in [0.29, 0.717) is 18.3 Å². The van der Waals surface area contributed by atoms with E-state index in [1.165, 1.54) is 35.9 Å². The van der Waals surface area contributed by atoms with Crippen molar-refractivity contribution >= 4 is 40.6 Å². The highest BCUT2D eigenvalue weighted by molar-refractivity contribution is 7.99. The predicted molar refractivity (Wildman–Crippen MR) is 91.8 cm³/mol. The van der Waals surface area contributed by atoms with Crippen molar-refractivity contribution in [2.24, 2.45) is 0 Å². The molecule has 0 bridgehead atoms. The first-order valence-corrected chi connectivity index (χ1v) is 9.70. The molecule has 0 unspecified atom stereocenters. The number of nitrogens with zero attached hydrogens (tertiary/aromatic N) is 5. The Bertz CT molecular complexity index is 668. The molecule has 0 N–H and O–H groups in total. The van der Waals surface area contributed by atoms with Gasteiger partial charge in [-0.05, 0) is 35.4 Å². The molecule has 9 heteroatoms. The Morgan fingerprint density at radius 2 is 2.26 bits per heavy atom. The van der Waals surface area contributed by atoms with Crippen molar-refractivity contribution in [2.45, 2.75) is 43.4 Å². The quantitative estimate of drug-likeness (QED) is 0.729. The van der Waals surface area contributed by atoms with Crippen LogP contribution in [0.1, 0.15) is 36.6 Å². The SMILES string of the molecule is CN(Cc1ccc(Cl)s1)C(=O)CSc1nnnn1C1CCCC1. The first-order valence-electron chi connectivity index (χ1n) is 7.52. The molecular formula is C14H18ClN5OS2. The van der Waals surface area contributed by atoms with Crippen molar-refractivity contribution in [3.8, 4) is 0 Å². The van der Waals surface area contributed by atoms with E-state index in [9.17, 15) is 4.79 Å². The summed E-state index contributed by atoms with van der Waals surface area (Å²) in [6.07, 6.45) is 4.68. The first-order chi connectivity index (χ1) is 11.1. The molecule has 2 aromatic rings. The van der Waals surface area contributed by atoms with Crippen LogP contribution in [0.5, 0.6) is 0 Å². The van der Waals surface area contributed by atoms with E-state index in [4.69, 9.17) is 11.6 Å². The molecule has 0 saturated heterocycles. The van der Waals surface area contributed by atoms with Crippen molar-refractivity contribution in [3.05, 3.63) is 21.3 Å². The molecule has 2 aromatic heterocycles. The summed E-state index contributed by atoms with van der Waals surface area (Å²) in [7, 11) is 1.80. The van der Waals surface area contributed by atoms with Gasteiger partial charge in [-0.1, -0.05) is 36.2 Å². The van der Waals surface area contributed by atoms with E-state index in [1.807, 2.05) is 16.8 Å². The van der Waals surface area contributed by atoms with Gasteiger partial charge in [0, 0.05) is 11.9 Å². The molecule has 1 saturated carbocycles. The van der Waals surface area contributed by atoms with Crippen LogP contribution in [0.15, 0.2) is 17.3 Å². The van der Waals surface area contributed by atoms with Crippen LogP contribution in [0, 0.1) is 0 Å². The Kier molecular flexibility index (Phi) is 5.55. The fraction of sp³-hybridized carbons (Fsp3) is 0.571. The minimum atomic E-state index is 0.0560. The summed E-state index contributed by atoms with van der Waals surface area (Å²) >= 11 is 8.82. The molecule has 1 aliphatic rings. The van der Waals surface area contributed by atoms with Crippen LogP contribution < -0.4 is 0 Å². The average molecular weight is 372 g/mol. The fourth-order valence-electron chi connectivity index (χ4n) is 2.65. The third kappa shape index (κ3) is 4.24. The minimum absolute atomic E-state index is 0.0560. The summed E-state index contributed by atoms with van der Waals surface area (Å²) in [5.41, 5.74) is 0. The van der Waals surface area contributed by atoms with Gasteiger partial charge >= 0.3 is 0 Å². The highest BCUT2D eigenvalue weighted by atomic mass is 35.5. The van der Waals surface area contributed by atoms with Gasteiger partial charge in [0.25, 0.3) is 0 Å². The second-order valence-corrected chi connectivity index (χ2v) is 8.33. The Morgan fingerprint density at radius 3 is 2.96 bits per heavy atom. The molecule has 0 atom stereocenters. The van der Waals surface area contributed by atoms with Gasteiger partial charge in [0.2, 0.25) is 11.1 Å². The maximum atomic E-state index is 12.3. The summed E-state index contributed by atoms with van der Waals surface area (Å²) in [4.78, 5) is 15.1. The maximum absolute atomic E-state index is 12.3. The fourth-order valence-corrected chi connectivity index (χ4v) is 4.68. The Hall–Kier alpha value is -1.12. The maximum Gasteiger partial charge on any atom is 0.233 e. The smallest absolute Gasteiger partial charge is 0.233 e. The van der Waals surface area contributed by atoms with Gasteiger partial charge in [-0.2, -0.15) is 0 Å². The standard InChI is InChI=1S/C14H18ClN5OS2/c1-19(8-11-6-7-12(15)23-11)13(21)9-22-14-16-17-18-20(14)10-4-2-3-5-10/h6-7,10H,2-5,8-9H2,1H3. The van der Waals surface area contributed by atoms with E-state index in [0.717, 1.165) is 27.2 Å². The number of amides is 1. The van der Waals surface area contributed by atoms with E-state index in [-0.39, 0.29) is 5.91 Å². The van der Waals surface area contributed by atoms with Crippen molar-refractivity contribution in [2.75, 3.05) is 12.8 Å². The van der Waals surface area contributed by atoms with Gasteiger partial charge in [-0.25, -0.2) is 4.68 Å². The highest BCUT2D eigenvalue weighted by Crippen LogP contribution is 2.31. The van der Waals surface area contributed by atoms with Crippen LogP contribution >= 0.6 is 34.7 Å². The normalized spacial score (nSPS) is 15.2. The number of rotatable bonds is 6. The molecule has 0 radical (unpaired) electrons. The van der Waals surface area contributed by atoms with Crippen LogP contribution in [0.3, 0.4) is 0 Å². The zero-order chi connectivity index (χ0) is 16.2. The lowest BCUT2D eigenvalue weighted by Gasteiger charge is -2.16. The third-order valence-corrected chi connectivity index (χ3v) is 6.04. The lowest BCUT2D eigenvalue weighted by molar-refractivity contribution is -0.127. The van der Waals surface area contributed by atoms with Crippen LogP contribution in [0.25, 0.3) is 0 Å². The number of carbonyl (C=O) groups is 1. The summed E-state index contributed by atoms with van der Waals surface area (Å²) < 4.78 is 2.62. The largest absolute Gasteiger partial charge is 0.340 e. The lowest BCUT2D eigenvalue weighted by atomic mass is 10.3. The number of halogens is 1. The van der Waals surface area contributed by atoms with E-state index in [1.54, 1.807) is 11.9 Å². The van der Waals surface area contributed by atoms with E-state index in [2.05, 4.69) is 15.5 Å². The lowest BCUT2D eigenvalue weighted by Crippen LogP contribution is -2.27. The number of thiophene rings is 1. The van der Waals surface area contributed by atoms with Crippen molar-refractivity contribution in [1.82, 2.24) is 25.1 Å². The van der Waals surface area contributed by atoms with Crippen molar-refractivity contribution in [3.63, 3.8) is 0 Å².